The van der Waals surface area contributed by atoms with E-state index >= 15 is 0 Å². The lowest BCUT2D eigenvalue weighted by Gasteiger charge is -2.06. The number of benzene rings is 1. The van der Waals surface area contributed by atoms with Gasteiger partial charge in [0.2, 0.25) is 0 Å². The van der Waals surface area contributed by atoms with Gasteiger partial charge in [0.05, 0.1) is 19.8 Å². The van der Waals surface area contributed by atoms with Gasteiger partial charge in [-0.15, -0.1) is 0 Å². The maximum atomic E-state index is 11.5. The maximum absolute atomic E-state index is 11.5. The Morgan fingerprint density at radius 1 is 1.16 bits per heavy atom. The Hall–Kier alpha value is -2.30. The number of esters is 2. The molecule has 0 bridgehead atoms. The molecule has 0 N–H and O–H groups in total. The topological polar surface area (TPSA) is 61.8 Å². The molecule has 0 heterocycles. The zero-order valence-electron chi connectivity index (χ0n) is 11.1. The van der Waals surface area contributed by atoms with Crippen molar-refractivity contribution in [3.63, 3.8) is 0 Å². The Balaban J connectivity index is 2.90. The molecule has 0 spiro atoms. The van der Waals surface area contributed by atoms with E-state index in [9.17, 15) is 9.59 Å². The Morgan fingerprint density at radius 2 is 1.79 bits per heavy atom. The number of carbonyl (C=O) groups is 2. The average Bonchev–Trinajstić information content (AvgIpc) is 2.43. The molecule has 1 rings (SSSR count). The molecule has 0 atom stereocenters. The minimum absolute atomic E-state index is 0.117. The molecule has 0 aromatic heterocycles. The molecule has 0 amide bonds. The Bertz CT molecular complexity index is 473. The molecule has 1 aromatic carbocycles. The first-order valence-electron chi connectivity index (χ1n) is 5.63. The van der Waals surface area contributed by atoms with E-state index in [1.54, 1.807) is 37.5 Å². The number of hydrogen-bond acceptors (Lipinski definition) is 5. The lowest BCUT2D eigenvalue weighted by molar-refractivity contribution is -0.141. The van der Waals surface area contributed by atoms with Gasteiger partial charge in [0.1, 0.15) is 12.4 Å². The van der Waals surface area contributed by atoms with Crippen LogP contribution >= 0.6 is 0 Å². The fraction of sp³-hybridized carbons (Fsp3) is 0.286. The summed E-state index contributed by atoms with van der Waals surface area (Å²) in [4.78, 5) is 22.3. The highest BCUT2D eigenvalue weighted by Crippen LogP contribution is 2.14. The van der Waals surface area contributed by atoms with E-state index in [0.29, 0.717) is 0 Å². The zero-order chi connectivity index (χ0) is 14.3. The first-order valence-corrected chi connectivity index (χ1v) is 5.63. The third kappa shape index (κ3) is 4.83. The van der Waals surface area contributed by atoms with Gasteiger partial charge in [-0.05, 0) is 23.8 Å². The molecule has 19 heavy (non-hydrogen) atoms. The van der Waals surface area contributed by atoms with E-state index in [0.717, 1.165) is 11.3 Å². The highest BCUT2D eigenvalue weighted by molar-refractivity contribution is 5.94. The summed E-state index contributed by atoms with van der Waals surface area (Å²) in [5.41, 5.74) is 1.05. The summed E-state index contributed by atoms with van der Waals surface area (Å²) in [7, 11) is 2.85. The van der Waals surface area contributed by atoms with E-state index in [1.807, 2.05) is 0 Å². The fourth-order valence-electron chi connectivity index (χ4n) is 1.37. The fourth-order valence-corrected chi connectivity index (χ4v) is 1.37. The van der Waals surface area contributed by atoms with Gasteiger partial charge in [0.15, 0.2) is 0 Å². The van der Waals surface area contributed by atoms with Crippen molar-refractivity contribution in [3.05, 3.63) is 35.4 Å². The van der Waals surface area contributed by atoms with Crippen molar-refractivity contribution in [1.82, 2.24) is 0 Å². The molecule has 5 nitrogen and oxygen atoms in total. The van der Waals surface area contributed by atoms with Gasteiger partial charge in [-0.3, -0.25) is 4.79 Å². The Kier molecular flexibility index (Phi) is 5.60. The number of methoxy groups -OCH3 is 2. The summed E-state index contributed by atoms with van der Waals surface area (Å²) in [5.74, 6) is -0.265. The highest BCUT2D eigenvalue weighted by Gasteiger charge is 2.11. The molecule has 0 aliphatic heterocycles. The largest absolute Gasteiger partial charge is 0.497 e. The van der Waals surface area contributed by atoms with Gasteiger partial charge in [-0.25, -0.2) is 4.79 Å². The molecule has 0 radical (unpaired) electrons. The first-order chi connectivity index (χ1) is 9.06. The third-order valence-corrected chi connectivity index (χ3v) is 2.34. The van der Waals surface area contributed by atoms with Crippen LogP contribution in [0.1, 0.15) is 12.5 Å². The highest BCUT2D eigenvalue weighted by atomic mass is 16.5. The van der Waals surface area contributed by atoms with Crippen LogP contribution < -0.4 is 4.74 Å². The third-order valence-electron chi connectivity index (χ3n) is 2.34. The molecule has 0 unspecified atom stereocenters. The second-order valence-corrected chi connectivity index (χ2v) is 3.71. The smallest absolute Gasteiger partial charge is 0.337 e. The summed E-state index contributed by atoms with van der Waals surface area (Å²) in [6.45, 7) is 1.16. The van der Waals surface area contributed by atoms with Crippen molar-refractivity contribution in [2.24, 2.45) is 0 Å². The summed E-state index contributed by atoms with van der Waals surface area (Å²) < 4.78 is 14.5. The van der Waals surface area contributed by atoms with E-state index in [4.69, 9.17) is 9.47 Å². The van der Waals surface area contributed by atoms with Gasteiger partial charge in [0, 0.05) is 6.92 Å². The van der Waals surface area contributed by atoms with E-state index in [2.05, 4.69) is 4.74 Å². The number of hydrogen-bond donors (Lipinski definition) is 0. The normalized spacial score (nSPS) is 10.8. The van der Waals surface area contributed by atoms with Gasteiger partial charge in [0.25, 0.3) is 0 Å². The van der Waals surface area contributed by atoms with Crippen molar-refractivity contribution in [2.75, 3.05) is 20.8 Å². The summed E-state index contributed by atoms with van der Waals surface area (Å²) in [5, 5.41) is 0. The second kappa shape index (κ2) is 7.20. The van der Waals surface area contributed by atoms with Crippen molar-refractivity contribution in [1.29, 1.82) is 0 Å². The number of carbonyl (C=O) groups excluding carboxylic acids is 2. The zero-order valence-corrected chi connectivity index (χ0v) is 11.1. The minimum Gasteiger partial charge on any atom is -0.497 e. The van der Waals surface area contributed by atoms with Crippen LogP contribution in [0, 0.1) is 0 Å². The van der Waals surface area contributed by atoms with Crippen LogP contribution in [0.15, 0.2) is 29.8 Å². The molecule has 0 saturated carbocycles. The molecule has 0 fully saturated rings. The van der Waals surface area contributed by atoms with Crippen molar-refractivity contribution >= 4 is 18.0 Å². The van der Waals surface area contributed by atoms with Crippen LogP contribution in [-0.4, -0.2) is 32.8 Å². The lowest BCUT2D eigenvalue weighted by atomic mass is 10.1. The minimum atomic E-state index is -0.530. The maximum Gasteiger partial charge on any atom is 0.337 e. The SMILES string of the molecule is COC(=O)/C(=C\c1ccc(OC)cc1)COC(C)=O. The Labute approximate surface area is 111 Å². The molecule has 0 aliphatic carbocycles. The quantitative estimate of drug-likeness (QED) is 0.599. The standard InChI is InChI=1S/C14H16O5/c1-10(15)19-9-12(14(16)18-3)8-11-4-6-13(17-2)7-5-11/h4-8H,9H2,1-3H3/b12-8-. The van der Waals surface area contributed by atoms with E-state index in [1.165, 1.54) is 14.0 Å². The van der Waals surface area contributed by atoms with Crippen LogP contribution in [0.2, 0.25) is 0 Å². The van der Waals surface area contributed by atoms with E-state index in [-0.39, 0.29) is 12.2 Å². The second-order valence-electron chi connectivity index (χ2n) is 3.71. The summed E-state index contributed by atoms with van der Waals surface area (Å²) >= 11 is 0. The van der Waals surface area contributed by atoms with Crippen LogP contribution in [0.5, 0.6) is 5.75 Å². The van der Waals surface area contributed by atoms with Crippen LogP contribution in [0.3, 0.4) is 0 Å². The van der Waals surface area contributed by atoms with Gasteiger partial charge >= 0.3 is 11.9 Å². The molecule has 0 aliphatic rings. The van der Waals surface area contributed by atoms with Gasteiger partial charge in [-0.1, -0.05) is 12.1 Å². The Morgan fingerprint density at radius 3 is 2.26 bits per heavy atom. The monoisotopic (exact) mass is 264 g/mol. The summed E-state index contributed by atoms with van der Waals surface area (Å²) in [6.07, 6.45) is 1.61. The van der Waals surface area contributed by atoms with Crippen molar-refractivity contribution in [2.45, 2.75) is 6.92 Å². The molecule has 1 aromatic rings. The van der Waals surface area contributed by atoms with Gasteiger partial charge < -0.3 is 14.2 Å². The first kappa shape index (κ1) is 14.8. The molecule has 0 saturated heterocycles. The van der Waals surface area contributed by atoms with E-state index < -0.39 is 11.9 Å². The van der Waals surface area contributed by atoms with Crippen LogP contribution in [0.4, 0.5) is 0 Å². The van der Waals surface area contributed by atoms with Crippen LogP contribution in [0.25, 0.3) is 6.08 Å². The number of ether oxygens (including phenoxy) is 3. The van der Waals surface area contributed by atoms with Crippen molar-refractivity contribution < 1.29 is 23.8 Å². The van der Waals surface area contributed by atoms with Gasteiger partial charge in [-0.2, -0.15) is 0 Å². The molecular weight excluding hydrogens is 248 g/mol. The number of rotatable bonds is 5. The molecule has 102 valence electrons. The molecular formula is C14H16O5. The predicted molar refractivity (Wildman–Crippen MR) is 69.6 cm³/mol. The average molecular weight is 264 g/mol. The molecule has 5 heteroatoms. The predicted octanol–water partition coefficient (Wildman–Crippen LogP) is 1.81. The van der Waals surface area contributed by atoms with Crippen LogP contribution in [-0.2, 0) is 19.1 Å². The summed E-state index contributed by atoms with van der Waals surface area (Å²) in [6, 6.07) is 7.12. The van der Waals surface area contributed by atoms with Crippen molar-refractivity contribution in [3.8, 4) is 5.75 Å². The lowest BCUT2D eigenvalue weighted by Crippen LogP contribution is -2.12.